The lowest BCUT2D eigenvalue weighted by Gasteiger charge is -2.23. The van der Waals surface area contributed by atoms with Crippen LogP contribution >= 0.6 is 0 Å². The standard InChI is InChI=1S/C24H19F6N5O3S/c25-15-2-4-17(5-3-15)39(37,38)35-12-22(11-23(22,26)27)8-19(35)21(36)32-10-16-7-18(34-13-33-16)14-1-6-20(31-9-14)24(28,29)30/h1-7,9,13,19H,8,10-12H2,(H,32,36)/t19-,22-/m0/s1. The molecule has 3 aromatic rings. The fourth-order valence-electron chi connectivity index (χ4n) is 4.60. The van der Waals surface area contributed by atoms with E-state index < -0.39 is 70.4 Å². The number of carbonyl (C=O) groups is 1. The van der Waals surface area contributed by atoms with Crippen LogP contribution in [0.5, 0.6) is 0 Å². The van der Waals surface area contributed by atoms with Crippen molar-refractivity contribution in [3.8, 4) is 11.3 Å². The minimum atomic E-state index is -4.61. The Hall–Kier alpha value is -3.59. The number of benzene rings is 1. The Morgan fingerprint density at radius 1 is 1.08 bits per heavy atom. The fourth-order valence-corrected chi connectivity index (χ4v) is 6.27. The lowest BCUT2D eigenvalue weighted by molar-refractivity contribution is -0.141. The first-order valence-corrected chi connectivity index (χ1v) is 12.9. The molecule has 5 rings (SSSR count). The summed E-state index contributed by atoms with van der Waals surface area (Å²) in [6, 6.07) is 5.72. The van der Waals surface area contributed by atoms with Crippen LogP contribution in [0.2, 0.25) is 0 Å². The molecule has 1 aliphatic heterocycles. The van der Waals surface area contributed by atoms with E-state index in [9.17, 15) is 39.6 Å². The van der Waals surface area contributed by atoms with Gasteiger partial charge in [-0.1, -0.05) is 0 Å². The van der Waals surface area contributed by atoms with Crippen molar-refractivity contribution in [1.29, 1.82) is 0 Å². The molecular weight excluding hydrogens is 552 g/mol. The van der Waals surface area contributed by atoms with E-state index in [2.05, 4.69) is 20.3 Å². The summed E-state index contributed by atoms with van der Waals surface area (Å²) in [6.07, 6.45) is -3.47. The van der Waals surface area contributed by atoms with Crippen molar-refractivity contribution in [1.82, 2.24) is 24.6 Å². The van der Waals surface area contributed by atoms with Gasteiger partial charge in [0.15, 0.2) is 0 Å². The third kappa shape index (κ3) is 5.07. The van der Waals surface area contributed by atoms with Crippen LogP contribution in [0.4, 0.5) is 26.3 Å². The number of rotatable bonds is 6. The maximum atomic E-state index is 14.2. The number of nitrogens with one attached hydrogen (secondary N) is 1. The van der Waals surface area contributed by atoms with Crippen LogP contribution < -0.4 is 5.32 Å². The van der Waals surface area contributed by atoms with Gasteiger partial charge in [-0.3, -0.25) is 9.78 Å². The van der Waals surface area contributed by atoms with Crippen molar-refractivity contribution in [2.24, 2.45) is 5.41 Å². The molecule has 3 heterocycles. The minimum absolute atomic E-state index is 0.216. The van der Waals surface area contributed by atoms with Gasteiger partial charge in [-0.25, -0.2) is 31.6 Å². The highest BCUT2D eigenvalue weighted by Crippen LogP contribution is 2.66. The maximum Gasteiger partial charge on any atom is 0.433 e. The first kappa shape index (κ1) is 27.0. The summed E-state index contributed by atoms with van der Waals surface area (Å²) in [6.45, 7) is -0.816. The van der Waals surface area contributed by atoms with Crippen LogP contribution in [-0.4, -0.2) is 52.1 Å². The van der Waals surface area contributed by atoms with Crippen LogP contribution in [0.1, 0.15) is 24.2 Å². The fraction of sp³-hybridized carbons (Fsp3) is 0.333. The molecule has 1 aliphatic carbocycles. The molecule has 2 fully saturated rings. The Bertz CT molecular complexity index is 1520. The normalized spacial score (nSPS) is 22.7. The number of halogens is 6. The second-order valence-corrected chi connectivity index (χ2v) is 11.3. The molecule has 1 saturated carbocycles. The second-order valence-electron chi connectivity index (χ2n) is 9.43. The van der Waals surface area contributed by atoms with Crippen molar-refractivity contribution in [2.45, 2.75) is 42.4 Å². The zero-order chi connectivity index (χ0) is 28.2. The van der Waals surface area contributed by atoms with E-state index in [-0.39, 0.29) is 28.4 Å². The number of aromatic nitrogens is 3. The van der Waals surface area contributed by atoms with Crippen LogP contribution in [0.3, 0.4) is 0 Å². The Labute approximate surface area is 218 Å². The van der Waals surface area contributed by atoms with Crippen LogP contribution in [0.25, 0.3) is 11.3 Å². The highest BCUT2D eigenvalue weighted by Gasteiger charge is 2.76. The third-order valence-electron chi connectivity index (χ3n) is 6.84. The van der Waals surface area contributed by atoms with Gasteiger partial charge < -0.3 is 5.32 Å². The average molecular weight is 572 g/mol. The smallest absolute Gasteiger partial charge is 0.349 e. The van der Waals surface area contributed by atoms with Crippen molar-refractivity contribution >= 4 is 15.9 Å². The summed E-state index contributed by atoms with van der Waals surface area (Å²) in [5.41, 5.74) is -2.05. The maximum absolute atomic E-state index is 14.2. The quantitative estimate of drug-likeness (QED) is 0.452. The van der Waals surface area contributed by atoms with Crippen molar-refractivity contribution in [3.05, 3.63) is 72.2 Å². The van der Waals surface area contributed by atoms with Crippen molar-refractivity contribution < 1.29 is 39.6 Å². The Kier molecular flexibility index (Phi) is 6.41. The second kappa shape index (κ2) is 9.26. The predicted molar refractivity (Wildman–Crippen MR) is 123 cm³/mol. The van der Waals surface area contributed by atoms with Crippen molar-refractivity contribution in [2.75, 3.05) is 6.54 Å². The first-order valence-electron chi connectivity index (χ1n) is 11.5. The van der Waals surface area contributed by atoms with Crippen LogP contribution in [0.15, 0.2) is 59.9 Å². The van der Waals surface area contributed by atoms with Gasteiger partial charge in [-0.15, -0.1) is 0 Å². The molecule has 0 radical (unpaired) electrons. The average Bonchev–Trinajstić information content (AvgIpc) is 3.20. The Morgan fingerprint density at radius 2 is 1.77 bits per heavy atom. The van der Waals surface area contributed by atoms with Gasteiger partial charge in [0, 0.05) is 24.7 Å². The summed E-state index contributed by atoms with van der Waals surface area (Å²) in [5, 5.41) is 2.50. The predicted octanol–water partition coefficient (Wildman–Crippen LogP) is 3.80. The number of nitrogens with zero attached hydrogens (tertiary/aromatic N) is 4. The molecule has 2 aliphatic rings. The van der Waals surface area contributed by atoms with Gasteiger partial charge in [0.1, 0.15) is 23.9 Å². The summed E-state index contributed by atoms with van der Waals surface area (Å²) in [7, 11) is -4.41. The molecule has 15 heteroatoms. The SMILES string of the molecule is O=C(NCc1cc(-c2ccc(C(F)(F)F)nc2)ncn1)[C@@H]1C[C@@]2(CN1S(=O)(=O)c1ccc(F)cc1)CC2(F)F. The molecule has 1 spiro atoms. The molecule has 2 atom stereocenters. The van der Waals surface area contributed by atoms with E-state index in [4.69, 9.17) is 0 Å². The zero-order valence-corrected chi connectivity index (χ0v) is 20.6. The number of amides is 1. The number of hydrogen-bond acceptors (Lipinski definition) is 6. The van der Waals surface area contributed by atoms with Crippen molar-refractivity contribution in [3.63, 3.8) is 0 Å². The van der Waals surface area contributed by atoms with Gasteiger partial charge in [0.25, 0.3) is 5.92 Å². The minimum Gasteiger partial charge on any atom is -0.349 e. The molecule has 0 bridgehead atoms. The van der Waals surface area contributed by atoms with E-state index in [1.807, 2.05) is 0 Å². The first-order chi connectivity index (χ1) is 18.2. The van der Waals surface area contributed by atoms with E-state index in [1.165, 1.54) is 12.1 Å². The molecule has 39 heavy (non-hydrogen) atoms. The molecule has 1 aromatic carbocycles. The monoisotopic (exact) mass is 571 g/mol. The summed E-state index contributed by atoms with van der Waals surface area (Å²) in [4.78, 5) is 24.1. The summed E-state index contributed by atoms with van der Waals surface area (Å²) >= 11 is 0. The van der Waals surface area contributed by atoms with Gasteiger partial charge >= 0.3 is 6.18 Å². The molecule has 2 aromatic heterocycles. The van der Waals surface area contributed by atoms with E-state index in [0.29, 0.717) is 0 Å². The van der Waals surface area contributed by atoms with Gasteiger partial charge in [-0.2, -0.15) is 17.5 Å². The molecular formula is C24H19F6N5O3S. The lowest BCUT2D eigenvalue weighted by Crippen LogP contribution is -2.45. The summed E-state index contributed by atoms with van der Waals surface area (Å²) in [5.74, 6) is -4.65. The molecule has 8 nitrogen and oxygen atoms in total. The van der Waals surface area contributed by atoms with Gasteiger partial charge in [0.05, 0.1) is 28.2 Å². The molecule has 206 valence electrons. The van der Waals surface area contributed by atoms with E-state index >= 15 is 0 Å². The number of sulfonamides is 1. The molecule has 1 amide bonds. The number of alkyl halides is 5. The van der Waals surface area contributed by atoms with Gasteiger partial charge in [0.2, 0.25) is 15.9 Å². The highest BCUT2D eigenvalue weighted by molar-refractivity contribution is 7.89. The number of hydrogen-bond donors (Lipinski definition) is 1. The largest absolute Gasteiger partial charge is 0.433 e. The molecule has 1 saturated heterocycles. The van der Waals surface area contributed by atoms with Crippen LogP contribution in [0, 0.1) is 11.2 Å². The van der Waals surface area contributed by atoms with E-state index in [0.717, 1.165) is 47.2 Å². The zero-order valence-electron chi connectivity index (χ0n) is 19.8. The highest BCUT2D eigenvalue weighted by atomic mass is 32.2. The molecule has 0 unspecified atom stereocenters. The Morgan fingerprint density at radius 3 is 2.36 bits per heavy atom. The van der Waals surface area contributed by atoms with E-state index in [1.54, 1.807) is 0 Å². The molecule has 1 N–H and O–H groups in total. The third-order valence-corrected chi connectivity index (χ3v) is 8.71. The number of carbonyl (C=O) groups excluding carboxylic acids is 1. The lowest BCUT2D eigenvalue weighted by atomic mass is 10.0. The Balaban J connectivity index is 1.33. The van der Waals surface area contributed by atoms with Crippen LogP contribution in [-0.2, 0) is 27.5 Å². The summed E-state index contributed by atoms with van der Waals surface area (Å²) < 4.78 is 107. The number of pyridine rings is 1. The van der Waals surface area contributed by atoms with Gasteiger partial charge in [-0.05, 0) is 48.9 Å². The topological polar surface area (TPSA) is 105 Å².